The maximum absolute atomic E-state index is 5.80. The van der Waals surface area contributed by atoms with E-state index in [0.29, 0.717) is 6.04 Å². The average Bonchev–Trinajstić information content (AvgIpc) is 2.33. The predicted octanol–water partition coefficient (Wildman–Crippen LogP) is 0.762. The number of rotatable bonds is 0. The van der Waals surface area contributed by atoms with E-state index in [1.165, 1.54) is 5.69 Å². The summed E-state index contributed by atoms with van der Waals surface area (Å²) in [5.74, 6) is 0. The van der Waals surface area contributed by atoms with E-state index in [0.717, 1.165) is 19.4 Å². The van der Waals surface area contributed by atoms with E-state index < -0.39 is 0 Å². The summed E-state index contributed by atoms with van der Waals surface area (Å²) in [6.45, 7) is 1.10. The fraction of sp³-hybridized carbons (Fsp3) is 0.500. The van der Waals surface area contributed by atoms with E-state index in [1.54, 1.807) is 0 Å². The highest BCUT2D eigenvalue weighted by Crippen LogP contribution is 2.13. The molecule has 0 saturated carbocycles. The van der Waals surface area contributed by atoms with Gasteiger partial charge in [-0.15, -0.1) is 0 Å². The van der Waals surface area contributed by atoms with Gasteiger partial charge in [0.25, 0.3) is 0 Å². The molecule has 1 atom stereocenters. The first-order valence-corrected chi connectivity index (χ1v) is 3.76. The smallest absolute Gasteiger partial charge is 0.0237 e. The Labute approximate surface area is 60.6 Å². The van der Waals surface area contributed by atoms with Gasteiger partial charge in [0.1, 0.15) is 0 Å². The third-order valence-electron chi connectivity index (χ3n) is 2.14. The third-order valence-corrected chi connectivity index (χ3v) is 2.14. The van der Waals surface area contributed by atoms with Crippen LogP contribution in [0, 0.1) is 0 Å². The molecule has 2 heterocycles. The Balaban J connectivity index is 2.30. The number of nitrogens with zero attached hydrogens (tertiary/aromatic N) is 1. The van der Waals surface area contributed by atoms with E-state index in [1.807, 2.05) is 0 Å². The molecule has 0 spiro atoms. The Bertz CT molecular complexity index is 227. The van der Waals surface area contributed by atoms with Crippen LogP contribution in [0.5, 0.6) is 0 Å². The Hall–Kier alpha value is -0.760. The second-order valence-corrected chi connectivity index (χ2v) is 2.95. The zero-order chi connectivity index (χ0) is 6.97. The normalized spacial score (nSPS) is 24.3. The lowest BCUT2D eigenvalue weighted by atomic mass is 10.1. The number of hydrogen-bond acceptors (Lipinski definition) is 1. The molecule has 0 fully saturated rings. The SMILES string of the molecule is N[C@@H]1CCn2cccc2C1. The summed E-state index contributed by atoms with van der Waals surface area (Å²) >= 11 is 0. The molecule has 1 aliphatic rings. The monoisotopic (exact) mass is 136 g/mol. The third kappa shape index (κ3) is 0.847. The van der Waals surface area contributed by atoms with Crippen molar-refractivity contribution in [2.24, 2.45) is 5.73 Å². The van der Waals surface area contributed by atoms with Crippen LogP contribution in [-0.2, 0) is 13.0 Å². The summed E-state index contributed by atoms with van der Waals surface area (Å²) in [4.78, 5) is 0. The van der Waals surface area contributed by atoms with Gasteiger partial charge in [0.15, 0.2) is 0 Å². The fourth-order valence-corrected chi connectivity index (χ4v) is 1.53. The molecule has 1 aromatic rings. The van der Waals surface area contributed by atoms with Crippen molar-refractivity contribution in [1.82, 2.24) is 4.57 Å². The molecule has 0 amide bonds. The lowest BCUT2D eigenvalue weighted by Crippen LogP contribution is -2.30. The lowest BCUT2D eigenvalue weighted by Gasteiger charge is -2.20. The van der Waals surface area contributed by atoms with Crippen molar-refractivity contribution in [3.8, 4) is 0 Å². The van der Waals surface area contributed by atoms with Crippen molar-refractivity contribution in [2.75, 3.05) is 0 Å². The van der Waals surface area contributed by atoms with Crippen LogP contribution in [0.15, 0.2) is 18.3 Å². The summed E-state index contributed by atoms with van der Waals surface area (Å²) in [6, 6.07) is 4.63. The van der Waals surface area contributed by atoms with E-state index in [-0.39, 0.29) is 0 Å². The van der Waals surface area contributed by atoms with Gasteiger partial charge in [-0.1, -0.05) is 0 Å². The van der Waals surface area contributed by atoms with Gasteiger partial charge in [-0.3, -0.25) is 0 Å². The highest BCUT2D eigenvalue weighted by molar-refractivity contribution is 5.10. The molecule has 0 aromatic carbocycles. The van der Waals surface area contributed by atoms with Crippen LogP contribution < -0.4 is 5.73 Å². The quantitative estimate of drug-likeness (QED) is 0.561. The summed E-state index contributed by atoms with van der Waals surface area (Å²) < 4.78 is 2.28. The lowest BCUT2D eigenvalue weighted by molar-refractivity contribution is 0.472. The number of fused-ring (bicyclic) bond motifs is 1. The second kappa shape index (κ2) is 2.13. The van der Waals surface area contributed by atoms with Gasteiger partial charge in [0, 0.05) is 30.9 Å². The maximum Gasteiger partial charge on any atom is 0.0237 e. The van der Waals surface area contributed by atoms with Crippen LogP contribution in [0.25, 0.3) is 0 Å². The van der Waals surface area contributed by atoms with E-state index >= 15 is 0 Å². The molecule has 10 heavy (non-hydrogen) atoms. The van der Waals surface area contributed by atoms with Crippen LogP contribution >= 0.6 is 0 Å². The summed E-state index contributed by atoms with van der Waals surface area (Å²) in [5.41, 5.74) is 7.18. The van der Waals surface area contributed by atoms with E-state index in [2.05, 4.69) is 22.9 Å². The predicted molar refractivity (Wildman–Crippen MR) is 40.7 cm³/mol. The minimum Gasteiger partial charge on any atom is -0.351 e. The molecule has 54 valence electrons. The number of nitrogens with two attached hydrogens (primary N) is 1. The van der Waals surface area contributed by atoms with Gasteiger partial charge in [0.05, 0.1) is 0 Å². The Morgan fingerprint density at radius 1 is 1.60 bits per heavy atom. The molecule has 2 N–H and O–H groups in total. The largest absolute Gasteiger partial charge is 0.351 e. The number of hydrogen-bond donors (Lipinski definition) is 1. The van der Waals surface area contributed by atoms with Crippen LogP contribution in [0.1, 0.15) is 12.1 Å². The first-order valence-electron chi connectivity index (χ1n) is 3.76. The molecule has 1 aromatic heterocycles. The molecule has 0 bridgehead atoms. The van der Waals surface area contributed by atoms with Crippen LogP contribution in [0.2, 0.25) is 0 Å². The number of aromatic nitrogens is 1. The summed E-state index contributed by atoms with van der Waals surface area (Å²) in [5, 5.41) is 0. The average molecular weight is 136 g/mol. The minimum atomic E-state index is 0.391. The maximum atomic E-state index is 5.80. The molecular formula is C8H12N2. The van der Waals surface area contributed by atoms with Gasteiger partial charge in [-0.2, -0.15) is 0 Å². The molecule has 0 radical (unpaired) electrons. The van der Waals surface area contributed by atoms with Crippen molar-refractivity contribution < 1.29 is 0 Å². The van der Waals surface area contributed by atoms with Gasteiger partial charge in [-0.05, 0) is 18.6 Å². The van der Waals surface area contributed by atoms with Gasteiger partial charge in [0.2, 0.25) is 0 Å². The van der Waals surface area contributed by atoms with Gasteiger partial charge in [-0.25, -0.2) is 0 Å². The van der Waals surface area contributed by atoms with E-state index in [4.69, 9.17) is 5.73 Å². The van der Waals surface area contributed by atoms with E-state index in [9.17, 15) is 0 Å². The van der Waals surface area contributed by atoms with Crippen LogP contribution in [0.3, 0.4) is 0 Å². The zero-order valence-electron chi connectivity index (χ0n) is 5.96. The topological polar surface area (TPSA) is 30.9 Å². The van der Waals surface area contributed by atoms with Crippen LogP contribution in [0.4, 0.5) is 0 Å². The zero-order valence-corrected chi connectivity index (χ0v) is 5.96. The van der Waals surface area contributed by atoms with Crippen molar-refractivity contribution >= 4 is 0 Å². The van der Waals surface area contributed by atoms with Crippen molar-refractivity contribution in [3.05, 3.63) is 24.0 Å². The number of aryl methyl sites for hydroxylation is 1. The first kappa shape index (κ1) is 5.98. The minimum absolute atomic E-state index is 0.391. The molecule has 2 rings (SSSR count). The summed E-state index contributed by atoms with van der Waals surface area (Å²) in [6.07, 6.45) is 4.30. The fourth-order valence-electron chi connectivity index (χ4n) is 1.53. The Morgan fingerprint density at radius 2 is 2.50 bits per heavy atom. The van der Waals surface area contributed by atoms with Gasteiger partial charge < -0.3 is 10.3 Å². The standard InChI is InChI=1S/C8H12N2/c9-7-3-5-10-4-1-2-8(10)6-7/h1-2,4,7H,3,5-6,9H2/t7-/m1/s1. The molecule has 0 aliphatic carbocycles. The second-order valence-electron chi connectivity index (χ2n) is 2.95. The highest BCUT2D eigenvalue weighted by Gasteiger charge is 2.12. The molecule has 1 aliphatic heterocycles. The van der Waals surface area contributed by atoms with Crippen molar-refractivity contribution in [1.29, 1.82) is 0 Å². The van der Waals surface area contributed by atoms with Crippen LogP contribution in [-0.4, -0.2) is 10.6 Å². The van der Waals surface area contributed by atoms with Gasteiger partial charge >= 0.3 is 0 Å². The molecule has 2 nitrogen and oxygen atoms in total. The molecule has 0 unspecified atom stereocenters. The molecular weight excluding hydrogens is 124 g/mol. The molecule has 0 saturated heterocycles. The van der Waals surface area contributed by atoms with Crippen molar-refractivity contribution in [2.45, 2.75) is 25.4 Å². The summed E-state index contributed by atoms with van der Waals surface area (Å²) in [7, 11) is 0. The Morgan fingerprint density at radius 3 is 3.40 bits per heavy atom. The highest BCUT2D eigenvalue weighted by atomic mass is 15.0. The van der Waals surface area contributed by atoms with Crippen molar-refractivity contribution in [3.63, 3.8) is 0 Å². The molecule has 2 heteroatoms. The first-order chi connectivity index (χ1) is 4.86. The Kier molecular flexibility index (Phi) is 1.27.